The van der Waals surface area contributed by atoms with E-state index >= 15 is 0 Å². The number of carbonyl (C=O) groups is 1. The molecule has 0 saturated carbocycles. The Labute approximate surface area is 91.3 Å². The Kier molecular flexibility index (Phi) is 2.27. The number of ketones is 1. The molecule has 0 aliphatic heterocycles. The van der Waals surface area contributed by atoms with E-state index in [1.54, 1.807) is 17.7 Å². The van der Waals surface area contributed by atoms with E-state index in [1.165, 1.54) is 19.1 Å². The summed E-state index contributed by atoms with van der Waals surface area (Å²) in [6.45, 7) is 1.44. The molecule has 78 valence electrons. The Morgan fingerprint density at radius 3 is 2.73 bits per heavy atom. The molecule has 0 unspecified atom stereocenters. The van der Waals surface area contributed by atoms with Gasteiger partial charge in [0.1, 0.15) is 11.5 Å². The summed E-state index contributed by atoms with van der Waals surface area (Å²) < 4.78 is 14.7. The number of fused-ring (bicyclic) bond motifs is 1. The van der Waals surface area contributed by atoms with E-state index in [0.717, 1.165) is 5.52 Å². The second-order valence-electron chi connectivity index (χ2n) is 3.44. The van der Waals surface area contributed by atoms with Gasteiger partial charge in [-0.25, -0.2) is 4.39 Å². The molecular formula is C11H9ClFNO. The molecule has 0 aliphatic carbocycles. The lowest BCUT2D eigenvalue weighted by Gasteiger charge is -1.99. The van der Waals surface area contributed by atoms with Crippen LogP contribution >= 0.6 is 11.6 Å². The zero-order valence-electron chi connectivity index (χ0n) is 8.34. The van der Waals surface area contributed by atoms with Crippen LogP contribution in [0.15, 0.2) is 18.2 Å². The summed E-state index contributed by atoms with van der Waals surface area (Å²) in [7, 11) is 1.74. The average molecular weight is 226 g/mol. The number of carbonyl (C=O) groups excluding carboxylic acids is 1. The van der Waals surface area contributed by atoms with Gasteiger partial charge in [0.2, 0.25) is 0 Å². The zero-order valence-corrected chi connectivity index (χ0v) is 9.10. The van der Waals surface area contributed by atoms with Crippen LogP contribution in [0.2, 0.25) is 5.02 Å². The Hall–Kier alpha value is -1.35. The average Bonchev–Trinajstić information content (AvgIpc) is 2.39. The first-order valence-corrected chi connectivity index (χ1v) is 4.84. The second-order valence-corrected chi connectivity index (χ2v) is 3.82. The maximum absolute atomic E-state index is 13.0. The number of rotatable bonds is 1. The van der Waals surface area contributed by atoms with E-state index in [9.17, 15) is 9.18 Å². The molecule has 1 aromatic heterocycles. The molecule has 0 N–H and O–H groups in total. The molecule has 0 fully saturated rings. The number of aryl methyl sites for hydroxylation is 1. The molecule has 0 amide bonds. The van der Waals surface area contributed by atoms with Crippen molar-refractivity contribution in [3.63, 3.8) is 0 Å². The highest BCUT2D eigenvalue weighted by atomic mass is 35.5. The van der Waals surface area contributed by atoms with Crippen molar-refractivity contribution in [3.05, 3.63) is 34.7 Å². The highest BCUT2D eigenvalue weighted by Crippen LogP contribution is 2.30. The molecule has 1 aromatic carbocycles. The molecule has 2 nitrogen and oxygen atoms in total. The lowest BCUT2D eigenvalue weighted by atomic mass is 10.2. The molecule has 0 aliphatic rings. The first-order valence-electron chi connectivity index (χ1n) is 4.46. The Bertz CT molecular complexity index is 559. The van der Waals surface area contributed by atoms with E-state index in [1.807, 2.05) is 0 Å². The summed E-state index contributed by atoms with van der Waals surface area (Å²) in [4.78, 5) is 11.3. The van der Waals surface area contributed by atoms with Crippen LogP contribution in [0.25, 0.3) is 10.9 Å². The summed E-state index contributed by atoms with van der Waals surface area (Å²) in [5.41, 5.74) is 1.17. The van der Waals surface area contributed by atoms with Gasteiger partial charge < -0.3 is 4.57 Å². The number of nitrogens with zero attached hydrogens (tertiary/aromatic N) is 1. The van der Waals surface area contributed by atoms with E-state index < -0.39 is 0 Å². The summed E-state index contributed by atoms with van der Waals surface area (Å²) in [5.74, 6) is -0.482. The van der Waals surface area contributed by atoms with Crippen molar-refractivity contribution in [2.24, 2.45) is 7.05 Å². The fourth-order valence-corrected chi connectivity index (χ4v) is 2.17. The minimum Gasteiger partial charge on any atom is -0.340 e. The minimum absolute atomic E-state index is 0.126. The molecule has 4 heteroatoms. The van der Waals surface area contributed by atoms with Crippen molar-refractivity contribution >= 4 is 28.3 Å². The van der Waals surface area contributed by atoms with Crippen molar-refractivity contribution in [3.8, 4) is 0 Å². The van der Waals surface area contributed by atoms with Crippen LogP contribution in [0.1, 0.15) is 17.4 Å². The zero-order chi connectivity index (χ0) is 11.2. The number of Topliss-reactive ketones (excluding diaryl/α,β-unsaturated/α-hetero) is 1. The predicted molar refractivity (Wildman–Crippen MR) is 57.9 cm³/mol. The maximum Gasteiger partial charge on any atom is 0.177 e. The highest BCUT2D eigenvalue weighted by Gasteiger charge is 2.16. The van der Waals surface area contributed by atoms with Crippen molar-refractivity contribution in [1.82, 2.24) is 4.57 Å². The predicted octanol–water partition coefficient (Wildman–Crippen LogP) is 3.17. The topological polar surface area (TPSA) is 22.0 Å². The summed E-state index contributed by atoms with van der Waals surface area (Å²) in [5, 5.41) is 0.892. The van der Waals surface area contributed by atoms with Gasteiger partial charge in [0.05, 0.1) is 10.5 Å². The van der Waals surface area contributed by atoms with Crippen LogP contribution in [-0.4, -0.2) is 10.4 Å². The Morgan fingerprint density at radius 1 is 1.47 bits per heavy atom. The highest BCUT2D eigenvalue weighted by molar-refractivity contribution is 6.38. The van der Waals surface area contributed by atoms with E-state index in [-0.39, 0.29) is 11.6 Å². The molecular weight excluding hydrogens is 217 g/mol. The molecule has 15 heavy (non-hydrogen) atoms. The fourth-order valence-electron chi connectivity index (χ4n) is 1.76. The summed E-state index contributed by atoms with van der Waals surface area (Å²) >= 11 is 6.02. The molecule has 0 atom stereocenters. The van der Waals surface area contributed by atoms with Crippen molar-refractivity contribution < 1.29 is 9.18 Å². The second kappa shape index (κ2) is 3.35. The third-order valence-corrected chi connectivity index (χ3v) is 2.82. The lowest BCUT2D eigenvalue weighted by molar-refractivity contribution is 0.101. The number of hydrogen-bond acceptors (Lipinski definition) is 1. The number of benzene rings is 1. The molecule has 0 saturated heterocycles. The van der Waals surface area contributed by atoms with E-state index in [0.29, 0.717) is 16.1 Å². The first kappa shape index (κ1) is 10.2. The lowest BCUT2D eigenvalue weighted by Crippen LogP contribution is -2.01. The van der Waals surface area contributed by atoms with Crippen LogP contribution < -0.4 is 0 Å². The van der Waals surface area contributed by atoms with Gasteiger partial charge in [-0.1, -0.05) is 11.6 Å². The van der Waals surface area contributed by atoms with Crippen LogP contribution in [0, 0.1) is 5.82 Å². The molecule has 0 radical (unpaired) electrons. The van der Waals surface area contributed by atoms with Crippen molar-refractivity contribution in [2.45, 2.75) is 6.92 Å². The smallest absolute Gasteiger partial charge is 0.177 e. The molecule has 0 bridgehead atoms. The van der Waals surface area contributed by atoms with Crippen LogP contribution in [0.4, 0.5) is 4.39 Å². The third-order valence-electron chi connectivity index (χ3n) is 2.43. The molecule has 1 heterocycles. The molecule has 2 aromatic rings. The van der Waals surface area contributed by atoms with Gasteiger partial charge in [0, 0.05) is 19.4 Å². The van der Waals surface area contributed by atoms with Gasteiger partial charge in [-0.05, 0) is 18.2 Å². The van der Waals surface area contributed by atoms with Crippen molar-refractivity contribution in [1.29, 1.82) is 0 Å². The Balaban J connectivity index is 2.91. The molecule has 2 rings (SSSR count). The molecule has 0 spiro atoms. The third kappa shape index (κ3) is 1.43. The normalized spacial score (nSPS) is 10.9. The van der Waals surface area contributed by atoms with E-state index in [4.69, 9.17) is 11.6 Å². The fraction of sp³-hybridized carbons (Fsp3) is 0.182. The Morgan fingerprint density at radius 2 is 2.13 bits per heavy atom. The summed E-state index contributed by atoms with van der Waals surface area (Å²) in [6.07, 6.45) is 0. The summed E-state index contributed by atoms with van der Waals surface area (Å²) in [6, 6.07) is 4.30. The van der Waals surface area contributed by atoms with Gasteiger partial charge >= 0.3 is 0 Å². The van der Waals surface area contributed by atoms with E-state index in [2.05, 4.69) is 0 Å². The monoisotopic (exact) mass is 225 g/mol. The van der Waals surface area contributed by atoms with Gasteiger partial charge in [0.15, 0.2) is 5.78 Å². The van der Waals surface area contributed by atoms with Crippen molar-refractivity contribution in [2.75, 3.05) is 0 Å². The van der Waals surface area contributed by atoms with Crippen LogP contribution in [-0.2, 0) is 7.05 Å². The number of hydrogen-bond donors (Lipinski definition) is 0. The number of halogens is 2. The number of aromatic nitrogens is 1. The van der Waals surface area contributed by atoms with Gasteiger partial charge in [0.25, 0.3) is 0 Å². The maximum atomic E-state index is 13.0. The standard InChI is InChI=1S/C11H9ClFNO/c1-6(15)11-10(12)8-5-7(13)3-4-9(8)14(11)2/h3-5H,1-2H3. The SMILES string of the molecule is CC(=O)c1c(Cl)c2cc(F)ccc2n1C. The first-order chi connectivity index (χ1) is 7.02. The largest absolute Gasteiger partial charge is 0.340 e. The van der Waals surface area contributed by atoms with Gasteiger partial charge in [-0.15, -0.1) is 0 Å². The van der Waals surface area contributed by atoms with Crippen LogP contribution in [0.3, 0.4) is 0 Å². The van der Waals surface area contributed by atoms with Gasteiger partial charge in [-0.2, -0.15) is 0 Å². The quantitative estimate of drug-likeness (QED) is 0.684. The van der Waals surface area contributed by atoms with Gasteiger partial charge in [-0.3, -0.25) is 4.79 Å². The van der Waals surface area contributed by atoms with Crippen LogP contribution in [0.5, 0.6) is 0 Å². The minimum atomic E-state index is -0.356.